The Hall–Kier alpha value is -1.62. The van der Waals surface area contributed by atoms with Crippen LogP contribution in [0.15, 0.2) is 18.3 Å². The quantitative estimate of drug-likeness (QED) is 0.610. The van der Waals surface area contributed by atoms with Gasteiger partial charge in [0, 0.05) is 19.2 Å². The summed E-state index contributed by atoms with van der Waals surface area (Å²) in [5.74, 6) is 0.653. The molecule has 0 radical (unpaired) electrons. The van der Waals surface area contributed by atoms with Crippen LogP contribution in [0.3, 0.4) is 0 Å². The number of fused-ring (bicyclic) bond motifs is 1. The van der Waals surface area contributed by atoms with Crippen LogP contribution in [0.25, 0.3) is 11.2 Å². The van der Waals surface area contributed by atoms with Crippen LogP contribution in [0.5, 0.6) is 0 Å². The molecule has 2 aromatic heterocycles. The van der Waals surface area contributed by atoms with E-state index >= 15 is 0 Å². The Morgan fingerprint density at radius 3 is 3.13 bits per heavy atom. The number of hydrogen-bond donors (Lipinski definition) is 2. The second kappa shape index (κ2) is 5.31. The highest BCUT2D eigenvalue weighted by Gasteiger charge is 2.00. The Morgan fingerprint density at radius 2 is 2.40 bits per heavy atom. The molecule has 0 aliphatic carbocycles. The van der Waals surface area contributed by atoms with E-state index in [4.69, 9.17) is 0 Å². The fourth-order valence-corrected chi connectivity index (χ4v) is 1.18. The van der Waals surface area contributed by atoms with Crippen molar-refractivity contribution in [3.8, 4) is 0 Å². The number of anilines is 1. The van der Waals surface area contributed by atoms with Gasteiger partial charge in [0.25, 0.3) is 0 Å². The number of aromatic nitrogens is 3. The van der Waals surface area contributed by atoms with E-state index in [0.717, 1.165) is 11.8 Å². The number of carbonyl (C=O) groups excluding carboxylic acids is 1. The van der Waals surface area contributed by atoms with Crippen LogP contribution in [0.2, 0.25) is 0 Å². The number of hydrogen-bond acceptors (Lipinski definition) is 4. The van der Waals surface area contributed by atoms with Crippen molar-refractivity contribution in [2.24, 2.45) is 0 Å². The summed E-state index contributed by atoms with van der Waals surface area (Å²) in [5.41, 5.74) is 1.57. The summed E-state index contributed by atoms with van der Waals surface area (Å²) in [6, 6.07) is 3.75. The number of nitrogens with zero attached hydrogens (tertiary/aromatic N) is 2. The molecule has 0 bridgehead atoms. The van der Waals surface area contributed by atoms with Gasteiger partial charge in [-0.3, -0.25) is 0 Å². The minimum atomic E-state index is 0. The number of H-pyrrole nitrogens is 1. The van der Waals surface area contributed by atoms with Crippen molar-refractivity contribution in [3.63, 3.8) is 0 Å². The van der Waals surface area contributed by atoms with E-state index < -0.39 is 0 Å². The molecule has 0 unspecified atom stereocenters. The van der Waals surface area contributed by atoms with Crippen LogP contribution in [0, 0.1) is 0 Å². The Balaban J connectivity index is 0.00000112. The zero-order valence-corrected chi connectivity index (χ0v) is 8.75. The molecule has 2 heterocycles. The highest BCUT2D eigenvalue weighted by atomic mass is 35.5. The number of pyridine rings is 1. The van der Waals surface area contributed by atoms with Crippen LogP contribution >= 0.6 is 12.4 Å². The van der Waals surface area contributed by atoms with E-state index in [1.165, 1.54) is 0 Å². The van der Waals surface area contributed by atoms with Gasteiger partial charge in [-0.05, 0) is 12.1 Å². The number of rotatable bonds is 4. The Bertz CT molecular complexity index is 409. The maximum atomic E-state index is 10.1. The number of halogens is 1. The highest BCUT2D eigenvalue weighted by molar-refractivity contribution is 5.85. The summed E-state index contributed by atoms with van der Waals surface area (Å²) in [4.78, 5) is 21.4. The molecule has 80 valence electrons. The Kier molecular flexibility index (Phi) is 4.05. The molecule has 0 saturated heterocycles. The summed E-state index contributed by atoms with van der Waals surface area (Å²) in [6.07, 6.45) is 3.04. The lowest BCUT2D eigenvalue weighted by Crippen LogP contribution is -2.02. The van der Waals surface area contributed by atoms with Gasteiger partial charge in [0.05, 0.1) is 5.52 Å². The summed E-state index contributed by atoms with van der Waals surface area (Å²) in [6.45, 7) is 0.587. The van der Waals surface area contributed by atoms with E-state index in [1.54, 1.807) is 6.20 Å². The zero-order chi connectivity index (χ0) is 9.80. The molecule has 2 rings (SSSR count). The minimum absolute atomic E-state index is 0. The van der Waals surface area contributed by atoms with E-state index in [1.807, 2.05) is 12.1 Å². The number of imidazole rings is 1. The topological polar surface area (TPSA) is 70.7 Å². The molecule has 0 aliphatic rings. The van der Waals surface area contributed by atoms with Gasteiger partial charge in [-0.1, -0.05) is 0 Å². The molecular weight excluding hydrogens is 216 g/mol. The largest absolute Gasteiger partial charge is 0.355 e. The molecular formula is C9H11ClN4O. The van der Waals surface area contributed by atoms with E-state index in [0.29, 0.717) is 24.6 Å². The first-order valence-electron chi connectivity index (χ1n) is 4.38. The van der Waals surface area contributed by atoms with Gasteiger partial charge in [-0.2, -0.15) is 4.98 Å². The summed E-state index contributed by atoms with van der Waals surface area (Å²) in [7, 11) is 0. The van der Waals surface area contributed by atoms with E-state index in [2.05, 4.69) is 20.3 Å². The molecule has 0 saturated carbocycles. The van der Waals surface area contributed by atoms with E-state index in [-0.39, 0.29) is 12.4 Å². The molecule has 0 spiro atoms. The van der Waals surface area contributed by atoms with Crippen LogP contribution in [0.1, 0.15) is 6.42 Å². The van der Waals surface area contributed by atoms with Gasteiger partial charge in [-0.15, -0.1) is 12.4 Å². The molecule has 0 aliphatic heterocycles. The number of aromatic amines is 1. The average molecular weight is 227 g/mol. The fraction of sp³-hybridized carbons (Fsp3) is 0.222. The third-order valence-corrected chi connectivity index (χ3v) is 1.81. The van der Waals surface area contributed by atoms with Crippen molar-refractivity contribution in [1.82, 2.24) is 15.0 Å². The maximum Gasteiger partial charge on any atom is 0.202 e. The van der Waals surface area contributed by atoms with Gasteiger partial charge in [0.1, 0.15) is 6.29 Å². The number of aldehydes is 1. The predicted octanol–water partition coefficient (Wildman–Crippen LogP) is 1.38. The number of nitrogens with one attached hydrogen (secondary N) is 2. The zero-order valence-electron chi connectivity index (χ0n) is 7.93. The molecule has 6 heteroatoms. The smallest absolute Gasteiger partial charge is 0.202 e. The third-order valence-electron chi connectivity index (χ3n) is 1.81. The predicted molar refractivity (Wildman–Crippen MR) is 60.3 cm³/mol. The third kappa shape index (κ3) is 2.66. The molecule has 15 heavy (non-hydrogen) atoms. The molecule has 0 fully saturated rings. The first-order valence-corrected chi connectivity index (χ1v) is 4.38. The second-order valence-corrected chi connectivity index (χ2v) is 2.84. The molecule has 5 nitrogen and oxygen atoms in total. The number of carbonyl (C=O) groups is 1. The van der Waals surface area contributed by atoms with Crippen LogP contribution in [0.4, 0.5) is 5.95 Å². The molecule has 2 aromatic rings. The van der Waals surface area contributed by atoms with Gasteiger partial charge in [-0.25, -0.2) is 4.98 Å². The SMILES string of the molecule is Cl.O=CCCNc1nc2ncccc2[nH]1. The minimum Gasteiger partial charge on any atom is -0.355 e. The summed E-state index contributed by atoms with van der Waals surface area (Å²) < 4.78 is 0. The molecule has 0 atom stereocenters. The fourth-order valence-electron chi connectivity index (χ4n) is 1.18. The van der Waals surface area contributed by atoms with Gasteiger partial charge in [0.15, 0.2) is 5.65 Å². The Morgan fingerprint density at radius 1 is 1.53 bits per heavy atom. The van der Waals surface area contributed by atoms with E-state index in [9.17, 15) is 4.79 Å². The van der Waals surface area contributed by atoms with Crippen molar-refractivity contribution in [1.29, 1.82) is 0 Å². The maximum absolute atomic E-state index is 10.1. The molecule has 2 N–H and O–H groups in total. The molecule has 0 amide bonds. The van der Waals surface area contributed by atoms with Gasteiger partial charge in [0.2, 0.25) is 5.95 Å². The van der Waals surface area contributed by atoms with Gasteiger partial charge >= 0.3 is 0 Å². The highest BCUT2D eigenvalue weighted by Crippen LogP contribution is 2.10. The standard InChI is InChI=1S/C9H10N4O.ClH/c14-6-2-5-11-9-12-7-3-1-4-10-8(7)13-9;/h1,3-4,6H,2,5H2,(H2,10,11,12,13);1H. The van der Waals surface area contributed by atoms with Crippen molar-refractivity contribution in [3.05, 3.63) is 18.3 Å². The van der Waals surface area contributed by atoms with Gasteiger partial charge < -0.3 is 15.1 Å². The van der Waals surface area contributed by atoms with Crippen LogP contribution < -0.4 is 5.32 Å². The lowest BCUT2D eigenvalue weighted by atomic mass is 10.4. The van der Waals surface area contributed by atoms with Crippen LogP contribution in [-0.4, -0.2) is 27.8 Å². The van der Waals surface area contributed by atoms with Crippen molar-refractivity contribution >= 4 is 35.8 Å². The molecule has 0 aromatic carbocycles. The Labute approximate surface area is 92.7 Å². The second-order valence-electron chi connectivity index (χ2n) is 2.84. The van der Waals surface area contributed by atoms with Crippen molar-refractivity contribution in [2.75, 3.05) is 11.9 Å². The first kappa shape index (κ1) is 11.5. The van der Waals surface area contributed by atoms with Crippen molar-refractivity contribution in [2.45, 2.75) is 6.42 Å². The summed E-state index contributed by atoms with van der Waals surface area (Å²) >= 11 is 0. The monoisotopic (exact) mass is 226 g/mol. The first-order chi connectivity index (χ1) is 6.90. The lowest BCUT2D eigenvalue weighted by molar-refractivity contribution is -0.107. The van der Waals surface area contributed by atoms with Crippen LogP contribution in [-0.2, 0) is 4.79 Å². The average Bonchev–Trinajstić information content (AvgIpc) is 2.60. The summed E-state index contributed by atoms with van der Waals surface area (Å²) in [5, 5.41) is 3.00. The normalized spacial score (nSPS) is 9.60. The van der Waals surface area contributed by atoms with Crippen molar-refractivity contribution < 1.29 is 4.79 Å². The lowest BCUT2D eigenvalue weighted by Gasteiger charge is -1.96.